The lowest BCUT2D eigenvalue weighted by Gasteiger charge is -2.31. The Kier molecular flexibility index (Phi) is 9.60. The van der Waals surface area contributed by atoms with Crippen molar-refractivity contribution in [1.29, 1.82) is 0 Å². The fourth-order valence-corrected chi connectivity index (χ4v) is 3.58. The minimum Gasteiger partial charge on any atom is -0.465 e. The van der Waals surface area contributed by atoms with Crippen molar-refractivity contribution in [3.05, 3.63) is 39.9 Å². The summed E-state index contributed by atoms with van der Waals surface area (Å²) >= 11 is 0. The molecular formula is C22H32N2O5. The molecule has 7 heteroatoms. The molecule has 0 saturated carbocycles. The van der Waals surface area contributed by atoms with Gasteiger partial charge in [0, 0.05) is 30.8 Å². The molecule has 0 N–H and O–H groups in total. The molecule has 0 aromatic heterocycles. The third kappa shape index (κ3) is 7.48. The van der Waals surface area contributed by atoms with Crippen LogP contribution < -0.4 is 0 Å². The number of non-ortho nitro benzene ring substituents is 1. The fourth-order valence-electron chi connectivity index (χ4n) is 3.58. The number of likely N-dealkylation sites (tertiary alicyclic amines) is 1. The highest BCUT2D eigenvalue weighted by Gasteiger charge is 2.28. The number of esters is 1. The molecular weight excluding hydrogens is 372 g/mol. The van der Waals surface area contributed by atoms with Crippen molar-refractivity contribution in [2.24, 2.45) is 5.92 Å². The molecule has 1 fully saturated rings. The molecule has 0 aliphatic carbocycles. The molecule has 160 valence electrons. The number of benzene rings is 1. The number of ether oxygens (including phenoxy) is 1. The molecule has 0 unspecified atom stereocenters. The average molecular weight is 405 g/mol. The molecule has 7 nitrogen and oxygen atoms in total. The summed E-state index contributed by atoms with van der Waals surface area (Å²) in [5.74, 6) is -0.464. The Labute approximate surface area is 172 Å². The number of amides is 1. The van der Waals surface area contributed by atoms with Crippen LogP contribution in [0.4, 0.5) is 5.69 Å². The van der Waals surface area contributed by atoms with Crippen molar-refractivity contribution in [3.8, 4) is 0 Å². The van der Waals surface area contributed by atoms with Crippen LogP contribution in [-0.2, 0) is 9.53 Å². The van der Waals surface area contributed by atoms with Crippen LogP contribution in [0.2, 0.25) is 0 Å². The fraction of sp³-hybridized carbons (Fsp3) is 0.636. The van der Waals surface area contributed by atoms with Gasteiger partial charge in [-0.15, -0.1) is 0 Å². The first-order chi connectivity index (χ1) is 14.0. The van der Waals surface area contributed by atoms with Crippen molar-refractivity contribution in [2.75, 3.05) is 19.7 Å². The first kappa shape index (κ1) is 22.8. The van der Waals surface area contributed by atoms with Gasteiger partial charge >= 0.3 is 5.97 Å². The minimum absolute atomic E-state index is 0.0380. The molecule has 1 aliphatic heterocycles. The van der Waals surface area contributed by atoms with Crippen LogP contribution >= 0.6 is 0 Å². The van der Waals surface area contributed by atoms with E-state index in [0.717, 1.165) is 12.8 Å². The van der Waals surface area contributed by atoms with E-state index < -0.39 is 4.92 Å². The number of nitro benzene ring substituents is 1. The highest BCUT2D eigenvalue weighted by Crippen LogP contribution is 2.21. The van der Waals surface area contributed by atoms with E-state index in [0.29, 0.717) is 38.1 Å². The molecule has 1 saturated heterocycles. The summed E-state index contributed by atoms with van der Waals surface area (Å²) in [5, 5.41) is 10.7. The van der Waals surface area contributed by atoms with E-state index >= 15 is 0 Å². The highest BCUT2D eigenvalue weighted by atomic mass is 16.6. The SMILES string of the molecule is CCCCCCCCCOC(=O)C1CCN(C(=O)c2ccc([N+](=O)[O-])cc2)CC1. The van der Waals surface area contributed by atoms with Crippen LogP contribution in [0.1, 0.15) is 75.1 Å². The van der Waals surface area contributed by atoms with Crippen molar-refractivity contribution in [2.45, 2.75) is 64.7 Å². The van der Waals surface area contributed by atoms with Crippen molar-refractivity contribution in [1.82, 2.24) is 4.90 Å². The van der Waals surface area contributed by atoms with Crippen LogP contribution in [0, 0.1) is 16.0 Å². The quantitative estimate of drug-likeness (QED) is 0.230. The number of carbonyl (C=O) groups is 2. The monoisotopic (exact) mass is 404 g/mol. The third-order valence-electron chi connectivity index (χ3n) is 5.43. The number of rotatable bonds is 11. The summed E-state index contributed by atoms with van der Waals surface area (Å²) in [4.78, 5) is 36.7. The maximum Gasteiger partial charge on any atom is 0.309 e. The molecule has 1 aromatic carbocycles. The Balaban J connectivity index is 1.65. The first-order valence-corrected chi connectivity index (χ1v) is 10.7. The van der Waals surface area contributed by atoms with Gasteiger partial charge in [0.1, 0.15) is 0 Å². The number of hydrogen-bond acceptors (Lipinski definition) is 5. The standard InChI is InChI=1S/C22H32N2O5/c1-2-3-4-5-6-7-8-17-29-22(26)19-13-15-23(16-14-19)21(25)18-9-11-20(12-10-18)24(27)28/h9-12,19H,2-8,13-17H2,1H3. The van der Waals surface area contributed by atoms with Gasteiger partial charge < -0.3 is 9.64 Å². The largest absolute Gasteiger partial charge is 0.465 e. The van der Waals surface area contributed by atoms with Gasteiger partial charge in [-0.05, 0) is 31.4 Å². The van der Waals surface area contributed by atoms with E-state index in [2.05, 4.69) is 6.92 Å². The molecule has 0 spiro atoms. The van der Waals surface area contributed by atoms with Crippen LogP contribution in [-0.4, -0.2) is 41.4 Å². The minimum atomic E-state index is -0.488. The Morgan fingerprint density at radius 2 is 1.62 bits per heavy atom. The number of unbranched alkanes of at least 4 members (excludes halogenated alkanes) is 6. The van der Waals surface area contributed by atoms with E-state index in [1.165, 1.54) is 56.4 Å². The Hall–Kier alpha value is -2.44. The summed E-state index contributed by atoms with van der Waals surface area (Å²) in [6.07, 6.45) is 9.46. The number of nitrogens with zero attached hydrogens (tertiary/aromatic N) is 2. The highest BCUT2D eigenvalue weighted by molar-refractivity contribution is 5.94. The van der Waals surface area contributed by atoms with Crippen LogP contribution in [0.3, 0.4) is 0 Å². The van der Waals surface area contributed by atoms with E-state index in [9.17, 15) is 19.7 Å². The van der Waals surface area contributed by atoms with E-state index in [1.54, 1.807) is 4.90 Å². The maximum absolute atomic E-state index is 12.5. The van der Waals surface area contributed by atoms with E-state index in [1.807, 2.05) is 0 Å². The molecule has 29 heavy (non-hydrogen) atoms. The van der Waals surface area contributed by atoms with Gasteiger partial charge in [-0.2, -0.15) is 0 Å². The lowest BCUT2D eigenvalue weighted by atomic mass is 9.96. The molecule has 0 bridgehead atoms. The predicted octanol–water partition coefficient (Wildman–Crippen LogP) is 4.74. The Bertz CT molecular complexity index is 666. The van der Waals surface area contributed by atoms with Crippen LogP contribution in [0.15, 0.2) is 24.3 Å². The Morgan fingerprint density at radius 1 is 1.03 bits per heavy atom. The zero-order chi connectivity index (χ0) is 21.1. The van der Waals surface area contributed by atoms with Crippen molar-refractivity contribution >= 4 is 17.6 Å². The van der Waals surface area contributed by atoms with Gasteiger partial charge in [0.15, 0.2) is 0 Å². The van der Waals surface area contributed by atoms with E-state index in [-0.39, 0.29) is 23.5 Å². The van der Waals surface area contributed by atoms with Crippen molar-refractivity contribution in [3.63, 3.8) is 0 Å². The zero-order valence-corrected chi connectivity index (χ0v) is 17.3. The molecule has 2 rings (SSSR count). The van der Waals surface area contributed by atoms with Gasteiger partial charge in [0.05, 0.1) is 17.4 Å². The average Bonchev–Trinajstić information content (AvgIpc) is 2.75. The van der Waals surface area contributed by atoms with Gasteiger partial charge in [0.25, 0.3) is 11.6 Å². The molecule has 1 aromatic rings. The Morgan fingerprint density at radius 3 is 2.21 bits per heavy atom. The number of piperidine rings is 1. The summed E-state index contributed by atoms with van der Waals surface area (Å²) in [6.45, 7) is 3.67. The lowest BCUT2D eigenvalue weighted by Crippen LogP contribution is -2.40. The first-order valence-electron chi connectivity index (χ1n) is 10.7. The van der Waals surface area contributed by atoms with Gasteiger partial charge in [0.2, 0.25) is 0 Å². The zero-order valence-electron chi connectivity index (χ0n) is 17.3. The van der Waals surface area contributed by atoms with Crippen molar-refractivity contribution < 1.29 is 19.2 Å². The summed E-state index contributed by atoms with van der Waals surface area (Å²) in [5.41, 5.74) is 0.388. The van der Waals surface area contributed by atoms with Gasteiger partial charge in [-0.25, -0.2) is 0 Å². The smallest absolute Gasteiger partial charge is 0.309 e. The molecule has 0 atom stereocenters. The number of nitro groups is 1. The van der Waals surface area contributed by atoms with Gasteiger partial charge in [-0.1, -0.05) is 45.4 Å². The van der Waals surface area contributed by atoms with Crippen LogP contribution in [0.5, 0.6) is 0 Å². The second-order valence-electron chi connectivity index (χ2n) is 7.66. The predicted molar refractivity (Wildman–Crippen MR) is 111 cm³/mol. The van der Waals surface area contributed by atoms with E-state index in [4.69, 9.17) is 4.74 Å². The summed E-state index contributed by atoms with van der Waals surface area (Å²) in [6, 6.07) is 5.62. The summed E-state index contributed by atoms with van der Waals surface area (Å²) in [7, 11) is 0. The lowest BCUT2D eigenvalue weighted by molar-refractivity contribution is -0.384. The second-order valence-corrected chi connectivity index (χ2v) is 7.66. The number of hydrogen-bond donors (Lipinski definition) is 0. The molecule has 0 radical (unpaired) electrons. The molecule has 1 amide bonds. The second kappa shape index (κ2) is 12.2. The molecule has 1 heterocycles. The van der Waals surface area contributed by atoms with Gasteiger partial charge in [-0.3, -0.25) is 19.7 Å². The molecule has 1 aliphatic rings. The normalized spacial score (nSPS) is 14.6. The number of carbonyl (C=O) groups excluding carboxylic acids is 2. The third-order valence-corrected chi connectivity index (χ3v) is 5.43. The summed E-state index contributed by atoms with van der Waals surface area (Å²) < 4.78 is 5.42. The van der Waals surface area contributed by atoms with Crippen LogP contribution in [0.25, 0.3) is 0 Å². The maximum atomic E-state index is 12.5. The topological polar surface area (TPSA) is 89.8 Å².